The maximum absolute atomic E-state index is 11.7. The molecule has 0 spiro atoms. The monoisotopic (exact) mass is 357 g/mol. The third-order valence-electron chi connectivity index (χ3n) is 3.04. The number of para-hydroxylation sites is 1. The Kier molecular flexibility index (Phi) is 7.52. The second-order valence-electron chi connectivity index (χ2n) is 4.97. The summed E-state index contributed by atoms with van der Waals surface area (Å²) >= 11 is 1.23. The van der Waals surface area contributed by atoms with Crippen LogP contribution >= 0.6 is 11.8 Å². The fourth-order valence-electron chi connectivity index (χ4n) is 1.86. The zero-order valence-electron chi connectivity index (χ0n) is 13.8. The van der Waals surface area contributed by atoms with Gasteiger partial charge in [0, 0.05) is 5.69 Å². The van der Waals surface area contributed by atoms with Crippen molar-refractivity contribution < 1.29 is 14.3 Å². The number of carbonyl (C=O) groups excluding carboxylic acids is 2. The molecule has 2 rings (SSSR count). The molecule has 130 valence electrons. The van der Waals surface area contributed by atoms with E-state index in [1.165, 1.54) is 11.8 Å². The molecule has 0 saturated heterocycles. The number of thioether (sulfide) groups is 1. The van der Waals surface area contributed by atoms with Crippen molar-refractivity contribution in [3.63, 3.8) is 0 Å². The number of carbonyl (C=O) groups is 2. The van der Waals surface area contributed by atoms with Crippen LogP contribution in [0.25, 0.3) is 0 Å². The van der Waals surface area contributed by atoms with Gasteiger partial charge in [0.25, 0.3) is 0 Å². The van der Waals surface area contributed by atoms with Crippen molar-refractivity contribution in [3.05, 3.63) is 60.2 Å². The maximum atomic E-state index is 11.7. The molecule has 0 saturated carbocycles. The summed E-state index contributed by atoms with van der Waals surface area (Å²) in [5.41, 5.74) is 4.01. The third-order valence-corrected chi connectivity index (χ3v) is 3.98. The van der Waals surface area contributed by atoms with Gasteiger partial charge in [0.15, 0.2) is 0 Å². The van der Waals surface area contributed by atoms with Gasteiger partial charge in [-0.3, -0.25) is 9.59 Å². The second kappa shape index (κ2) is 10.1. The molecule has 6 nitrogen and oxygen atoms in total. The largest absolute Gasteiger partial charge is 0.497 e. The Morgan fingerprint density at radius 1 is 1.04 bits per heavy atom. The van der Waals surface area contributed by atoms with Gasteiger partial charge < -0.3 is 10.1 Å². The first kappa shape index (κ1) is 18.5. The lowest BCUT2D eigenvalue weighted by atomic mass is 10.2. The second-order valence-corrected chi connectivity index (χ2v) is 5.96. The molecule has 7 heteroatoms. The van der Waals surface area contributed by atoms with E-state index in [1.54, 1.807) is 13.3 Å². The molecule has 2 amide bonds. The molecule has 0 unspecified atom stereocenters. The van der Waals surface area contributed by atoms with E-state index in [1.807, 2.05) is 54.6 Å². The van der Waals surface area contributed by atoms with Crippen molar-refractivity contribution >= 4 is 35.5 Å². The first-order chi connectivity index (χ1) is 12.2. The molecule has 0 radical (unpaired) electrons. The summed E-state index contributed by atoms with van der Waals surface area (Å²) in [7, 11) is 1.60. The number of nitrogens with zero attached hydrogens (tertiary/aromatic N) is 1. The molecule has 0 aromatic heterocycles. The van der Waals surface area contributed by atoms with E-state index in [9.17, 15) is 9.59 Å². The van der Waals surface area contributed by atoms with Crippen LogP contribution in [0.2, 0.25) is 0 Å². The van der Waals surface area contributed by atoms with Crippen LogP contribution in [0, 0.1) is 0 Å². The Morgan fingerprint density at radius 3 is 2.40 bits per heavy atom. The van der Waals surface area contributed by atoms with E-state index in [2.05, 4.69) is 15.8 Å². The van der Waals surface area contributed by atoms with Gasteiger partial charge in [-0.15, -0.1) is 11.8 Å². The smallest absolute Gasteiger partial charge is 0.250 e. The number of ether oxygens (including phenoxy) is 1. The molecule has 0 aliphatic heterocycles. The van der Waals surface area contributed by atoms with Crippen LogP contribution in [-0.2, 0) is 9.59 Å². The zero-order valence-corrected chi connectivity index (χ0v) is 14.6. The van der Waals surface area contributed by atoms with Crippen molar-refractivity contribution in [2.45, 2.75) is 0 Å². The Balaban J connectivity index is 1.64. The maximum Gasteiger partial charge on any atom is 0.250 e. The van der Waals surface area contributed by atoms with Crippen molar-refractivity contribution in [2.75, 3.05) is 23.9 Å². The number of methoxy groups -OCH3 is 1. The first-order valence-corrected chi connectivity index (χ1v) is 8.71. The summed E-state index contributed by atoms with van der Waals surface area (Å²) in [6, 6.07) is 16.5. The van der Waals surface area contributed by atoms with Crippen LogP contribution < -0.4 is 15.5 Å². The molecule has 2 N–H and O–H groups in total. The zero-order chi connectivity index (χ0) is 17.9. The molecule has 25 heavy (non-hydrogen) atoms. The highest BCUT2D eigenvalue weighted by Gasteiger charge is 2.05. The number of anilines is 1. The molecule has 2 aromatic carbocycles. The topological polar surface area (TPSA) is 79.8 Å². The fraction of sp³-hybridized carbons (Fsp3) is 0.167. The van der Waals surface area contributed by atoms with E-state index in [4.69, 9.17) is 4.74 Å². The van der Waals surface area contributed by atoms with Crippen molar-refractivity contribution in [3.8, 4) is 5.75 Å². The first-order valence-electron chi connectivity index (χ1n) is 7.56. The number of hydrogen-bond donors (Lipinski definition) is 2. The minimum Gasteiger partial charge on any atom is -0.497 e. The highest BCUT2D eigenvalue weighted by molar-refractivity contribution is 8.00. The van der Waals surface area contributed by atoms with Crippen LogP contribution in [0.4, 0.5) is 5.69 Å². The average Bonchev–Trinajstić information content (AvgIpc) is 2.63. The van der Waals surface area contributed by atoms with E-state index < -0.39 is 0 Å². The van der Waals surface area contributed by atoms with Gasteiger partial charge in [0.05, 0.1) is 24.8 Å². The Hall–Kier alpha value is -2.80. The van der Waals surface area contributed by atoms with Gasteiger partial charge in [0.2, 0.25) is 11.8 Å². The number of benzene rings is 2. The van der Waals surface area contributed by atoms with Crippen molar-refractivity contribution in [1.29, 1.82) is 0 Å². The molecular weight excluding hydrogens is 338 g/mol. The van der Waals surface area contributed by atoms with E-state index in [0.717, 1.165) is 17.0 Å². The quantitative estimate of drug-likeness (QED) is 0.562. The summed E-state index contributed by atoms with van der Waals surface area (Å²) in [5.74, 6) is 0.700. The lowest BCUT2D eigenvalue weighted by Crippen LogP contribution is -2.21. The predicted octanol–water partition coefficient (Wildman–Crippen LogP) is 2.52. The standard InChI is InChI=1S/C18H19N3O3S/c1-24-16-9-7-14(8-10-16)11-19-21-18(23)13-25-12-17(22)20-15-5-3-2-4-6-15/h2-11H,12-13H2,1H3,(H,20,22)(H,21,23). The fourth-order valence-corrected chi connectivity index (χ4v) is 2.47. The van der Waals surface area contributed by atoms with Gasteiger partial charge in [-0.1, -0.05) is 18.2 Å². The lowest BCUT2D eigenvalue weighted by Gasteiger charge is -2.04. The molecule has 0 atom stereocenters. The predicted molar refractivity (Wildman–Crippen MR) is 101 cm³/mol. The van der Waals surface area contributed by atoms with Gasteiger partial charge in [-0.05, 0) is 42.0 Å². The van der Waals surface area contributed by atoms with Crippen LogP contribution in [0.1, 0.15) is 5.56 Å². The molecule has 0 aliphatic carbocycles. The van der Waals surface area contributed by atoms with E-state index in [-0.39, 0.29) is 23.3 Å². The van der Waals surface area contributed by atoms with Crippen LogP contribution in [0.5, 0.6) is 5.75 Å². The van der Waals surface area contributed by atoms with E-state index >= 15 is 0 Å². The number of amides is 2. The molecule has 0 bridgehead atoms. The minimum atomic E-state index is -0.262. The lowest BCUT2D eigenvalue weighted by molar-refractivity contribution is -0.118. The van der Waals surface area contributed by atoms with Crippen LogP contribution in [0.15, 0.2) is 59.7 Å². The van der Waals surface area contributed by atoms with Crippen molar-refractivity contribution in [2.24, 2.45) is 5.10 Å². The van der Waals surface area contributed by atoms with Gasteiger partial charge >= 0.3 is 0 Å². The van der Waals surface area contributed by atoms with Crippen molar-refractivity contribution in [1.82, 2.24) is 5.43 Å². The molecule has 0 aliphatic rings. The molecular formula is C18H19N3O3S. The molecule has 2 aromatic rings. The number of hydrazone groups is 1. The molecule has 0 heterocycles. The summed E-state index contributed by atoms with van der Waals surface area (Å²) in [4.78, 5) is 23.4. The van der Waals surface area contributed by atoms with Gasteiger partial charge in [-0.25, -0.2) is 5.43 Å². The summed E-state index contributed by atoms with van der Waals surface area (Å²) < 4.78 is 5.06. The highest BCUT2D eigenvalue weighted by Crippen LogP contribution is 2.09. The number of nitrogens with one attached hydrogen (secondary N) is 2. The summed E-state index contributed by atoms with van der Waals surface area (Å²) in [5, 5.41) is 6.64. The van der Waals surface area contributed by atoms with E-state index in [0.29, 0.717) is 0 Å². The average molecular weight is 357 g/mol. The third kappa shape index (κ3) is 7.09. The van der Waals surface area contributed by atoms with Gasteiger partial charge in [-0.2, -0.15) is 5.10 Å². The van der Waals surface area contributed by atoms with Crippen LogP contribution in [-0.4, -0.2) is 36.6 Å². The summed E-state index contributed by atoms with van der Waals surface area (Å²) in [6.45, 7) is 0. The van der Waals surface area contributed by atoms with Crippen LogP contribution in [0.3, 0.4) is 0 Å². The Morgan fingerprint density at radius 2 is 1.72 bits per heavy atom. The normalized spacial score (nSPS) is 10.4. The minimum absolute atomic E-state index is 0.147. The number of rotatable bonds is 8. The van der Waals surface area contributed by atoms with Gasteiger partial charge in [0.1, 0.15) is 5.75 Å². The number of hydrogen-bond acceptors (Lipinski definition) is 5. The molecule has 0 fully saturated rings. The SMILES string of the molecule is COc1ccc(C=NNC(=O)CSCC(=O)Nc2ccccc2)cc1. The Bertz CT molecular complexity index is 718. The Labute approximate surface area is 150 Å². The summed E-state index contributed by atoms with van der Waals surface area (Å²) in [6.07, 6.45) is 1.55. The highest BCUT2D eigenvalue weighted by atomic mass is 32.2.